The molecule has 26 heavy (non-hydrogen) atoms. The van der Waals surface area contributed by atoms with Crippen molar-refractivity contribution >= 4 is 31.9 Å². The fourth-order valence-electron chi connectivity index (χ4n) is 2.83. The summed E-state index contributed by atoms with van der Waals surface area (Å²) in [6.45, 7) is 3.15. The summed E-state index contributed by atoms with van der Waals surface area (Å²) in [5.41, 5.74) is 0.208. The lowest BCUT2D eigenvalue weighted by molar-refractivity contribution is 0.0734. The van der Waals surface area contributed by atoms with E-state index < -0.39 is 16.0 Å². The summed E-state index contributed by atoms with van der Waals surface area (Å²) in [6, 6.07) is 12.9. The SMILES string of the molecule is CC1CCN(S(=O)(=O)c2cccc(C(=O)Oc3ccc(Br)cc3)c2)CC1. The average molecular weight is 438 g/mol. The molecule has 1 aliphatic heterocycles. The molecule has 0 atom stereocenters. The van der Waals surface area contributed by atoms with Gasteiger partial charge in [-0.15, -0.1) is 0 Å². The van der Waals surface area contributed by atoms with E-state index in [0.717, 1.165) is 17.3 Å². The lowest BCUT2D eigenvalue weighted by Gasteiger charge is -2.29. The van der Waals surface area contributed by atoms with Crippen LogP contribution in [0.2, 0.25) is 0 Å². The first kappa shape index (κ1) is 19.1. The van der Waals surface area contributed by atoms with Crippen molar-refractivity contribution in [3.63, 3.8) is 0 Å². The van der Waals surface area contributed by atoms with E-state index >= 15 is 0 Å². The summed E-state index contributed by atoms with van der Waals surface area (Å²) in [4.78, 5) is 12.5. The van der Waals surface area contributed by atoms with Crippen molar-refractivity contribution in [2.45, 2.75) is 24.7 Å². The molecule has 2 aromatic carbocycles. The summed E-state index contributed by atoms with van der Waals surface area (Å²) >= 11 is 3.32. The molecule has 5 nitrogen and oxygen atoms in total. The molecule has 0 N–H and O–H groups in total. The second-order valence-electron chi connectivity index (χ2n) is 6.46. The van der Waals surface area contributed by atoms with Gasteiger partial charge in [0.25, 0.3) is 0 Å². The van der Waals surface area contributed by atoms with Gasteiger partial charge >= 0.3 is 5.97 Å². The van der Waals surface area contributed by atoms with E-state index in [9.17, 15) is 13.2 Å². The standard InChI is InChI=1S/C19H20BrNO4S/c1-14-9-11-21(12-10-14)26(23,24)18-4-2-3-15(13-18)19(22)25-17-7-5-16(20)6-8-17/h2-8,13-14H,9-12H2,1H3. The number of nitrogens with zero attached hydrogens (tertiary/aromatic N) is 1. The number of hydrogen-bond acceptors (Lipinski definition) is 4. The van der Waals surface area contributed by atoms with E-state index in [1.807, 2.05) is 0 Å². The largest absolute Gasteiger partial charge is 0.423 e. The Morgan fingerprint density at radius 1 is 1.12 bits per heavy atom. The third kappa shape index (κ3) is 4.34. The molecule has 1 heterocycles. The van der Waals surface area contributed by atoms with Crippen LogP contribution in [-0.2, 0) is 10.0 Å². The Morgan fingerprint density at radius 2 is 1.77 bits per heavy atom. The topological polar surface area (TPSA) is 63.7 Å². The van der Waals surface area contributed by atoms with Crippen molar-refractivity contribution in [3.8, 4) is 5.75 Å². The average Bonchev–Trinajstić information content (AvgIpc) is 2.64. The van der Waals surface area contributed by atoms with Crippen LogP contribution in [-0.4, -0.2) is 31.8 Å². The number of ether oxygens (including phenoxy) is 1. The second kappa shape index (κ2) is 7.90. The molecule has 7 heteroatoms. The number of sulfonamides is 1. The first-order valence-corrected chi connectivity index (χ1v) is 10.7. The third-order valence-electron chi connectivity index (χ3n) is 4.47. The zero-order chi connectivity index (χ0) is 18.7. The van der Waals surface area contributed by atoms with E-state index in [1.54, 1.807) is 36.4 Å². The quantitative estimate of drug-likeness (QED) is 0.533. The number of piperidine rings is 1. The molecule has 0 radical (unpaired) electrons. The van der Waals surface area contributed by atoms with E-state index in [-0.39, 0.29) is 10.5 Å². The van der Waals surface area contributed by atoms with Gasteiger partial charge in [0.2, 0.25) is 10.0 Å². The minimum atomic E-state index is -3.60. The van der Waals surface area contributed by atoms with Gasteiger partial charge in [0.05, 0.1) is 10.5 Å². The highest BCUT2D eigenvalue weighted by Gasteiger charge is 2.28. The van der Waals surface area contributed by atoms with Crippen LogP contribution in [0, 0.1) is 5.92 Å². The van der Waals surface area contributed by atoms with Crippen LogP contribution in [0.25, 0.3) is 0 Å². The van der Waals surface area contributed by atoms with Gasteiger partial charge in [0.15, 0.2) is 0 Å². The fourth-order valence-corrected chi connectivity index (χ4v) is 4.61. The number of carbonyl (C=O) groups excluding carboxylic acids is 1. The molecule has 2 aromatic rings. The summed E-state index contributed by atoms with van der Waals surface area (Å²) in [6.07, 6.45) is 1.70. The highest BCUT2D eigenvalue weighted by molar-refractivity contribution is 9.10. The van der Waals surface area contributed by atoms with Crippen molar-refractivity contribution in [3.05, 3.63) is 58.6 Å². The number of benzene rings is 2. The van der Waals surface area contributed by atoms with Crippen molar-refractivity contribution in [2.75, 3.05) is 13.1 Å². The maximum atomic E-state index is 12.8. The Balaban J connectivity index is 1.79. The normalized spacial score (nSPS) is 16.4. The Kier molecular flexibility index (Phi) is 5.79. The van der Waals surface area contributed by atoms with E-state index in [4.69, 9.17) is 4.74 Å². The molecular formula is C19H20BrNO4S. The number of carbonyl (C=O) groups is 1. The predicted molar refractivity (Wildman–Crippen MR) is 103 cm³/mol. The first-order chi connectivity index (χ1) is 12.4. The number of rotatable bonds is 4. The molecule has 0 spiro atoms. The Morgan fingerprint density at radius 3 is 2.42 bits per heavy atom. The molecule has 3 rings (SSSR count). The number of halogens is 1. The van der Waals surface area contributed by atoms with E-state index in [2.05, 4.69) is 22.9 Å². The summed E-state index contributed by atoms with van der Waals surface area (Å²) in [7, 11) is -3.60. The molecule has 1 saturated heterocycles. The van der Waals surface area contributed by atoms with Gasteiger partial charge in [-0.1, -0.05) is 28.9 Å². The zero-order valence-electron chi connectivity index (χ0n) is 14.4. The van der Waals surface area contributed by atoms with E-state index in [0.29, 0.717) is 24.8 Å². The Bertz CT molecular complexity index is 888. The molecule has 1 aliphatic rings. The second-order valence-corrected chi connectivity index (χ2v) is 9.31. The van der Waals surface area contributed by atoms with Gasteiger partial charge in [0.1, 0.15) is 5.75 Å². The highest BCUT2D eigenvalue weighted by Crippen LogP contribution is 2.24. The lowest BCUT2D eigenvalue weighted by atomic mass is 10.0. The van der Waals surface area contributed by atoms with Crippen molar-refractivity contribution < 1.29 is 17.9 Å². The molecule has 138 valence electrons. The van der Waals surface area contributed by atoms with Gasteiger partial charge in [-0.3, -0.25) is 0 Å². The van der Waals surface area contributed by atoms with Crippen LogP contribution in [0.15, 0.2) is 57.9 Å². The minimum absolute atomic E-state index is 0.123. The van der Waals surface area contributed by atoms with Gasteiger partial charge in [0, 0.05) is 17.6 Å². The van der Waals surface area contributed by atoms with Crippen LogP contribution in [0.5, 0.6) is 5.75 Å². The summed E-state index contributed by atoms with van der Waals surface area (Å²) in [5.74, 6) is 0.349. The van der Waals surface area contributed by atoms with Gasteiger partial charge in [-0.2, -0.15) is 4.31 Å². The van der Waals surface area contributed by atoms with Crippen molar-refractivity contribution in [2.24, 2.45) is 5.92 Å². The molecule has 0 unspecified atom stereocenters. The molecule has 0 aromatic heterocycles. The van der Waals surface area contributed by atoms with Crippen molar-refractivity contribution in [1.82, 2.24) is 4.31 Å². The highest BCUT2D eigenvalue weighted by atomic mass is 79.9. The fraction of sp³-hybridized carbons (Fsp3) is 0.316. The van der Waals surface area contributed by atoms with Gasteiger partial charge in [-0.25, -0.2) is 13.2 Å². The molecule has 0 amide bonds. The first-order valence-electron chi connectivity index (χ1n) is 8.44. The number of hydrogen-bond donors (Lipinski definition) is 0. The maximum Gasteiger partial charge on any atom is 0.343 e. The third-order valence-corrected chi connectivity index (χ3v) is 6.90. The van der Waals surface area contributed by atoms with Crippen LogP contribution < -0.4 is 4.74 Å². The van der Waals surface area contributed by atoms with Gasteiger partial charge < -0.3 is 4.74 Å². The molecular weight excluding hydrogens is 418 g/mol. The van der Waals surface area contributed by atoms with Crippen LogP contribution in [0.4, 0.5) is 0 Å². The monoisotopic (exact) mass is 437 g/mol. The van der Waals surface area contributed by atoms with Crippen LogP contribution >= 0.6 is 15.9 Å². The number of esters is 1. The van der Waals surface area contributed by atoms with Gasteiger partial charge in [-0.05, 0) is 61.2 Å². The maximum absolute atomic E-state index is 12.8. The smallest absolute Gasteiger partial charge is 0.343 e. The molecule has 1 fully saturated rings. The Labute approximate surface area is 162 Å². The molecule has 0 saturated carbocycles. The van der Waals surface area contributed by atoms with Crippen LogP contribution in [0.1, 0.15) is 30.1 Å². The minimum Gasteiger partial charge on any atom is -0.423 e. The molecule has 0 bridgehead atoms. The lowest BCUT2D eigenvalue weighted by Crippen LogP contribution is -2.37. The van der Waals surface area contributed by atoms with Crippen molar-refractivity contribution in [1.29, 1.82) is 0 Å². The van der Waals surface area contributed by atoms with E-state index in [1.165, 1.54) is 16.4 Å². The van der Waals surface area contributed by atoms with Crippen LogP contribution in [0.3, 0.4) is 0 Å². The zero-order valence-corrected chi connectivity index (χ0v) is 16.8. The summed E-state index contributed by atoms with van der Waals surface area (Å²) in [5, 5.41) is 0. The summed E-state index contributed by atoms with van der Waals surface area (Å²) < 4.78 is 33.3. The predicted octanol–water partition coefficient (Wildman–Crippen LogP) is 4.09. The Hall–Kier alpha value is -1.70. The molecule has 0 aliphatic carbocycles.